The summed E-state index contributed by atoms with van der Waals surface area (Å²) in [7, 11) is 0. The van der Waals surface area contributed by atoms with Gasteiger partial charge in [0.25, 0.3) is 0 Å². The largest absolute Gasteiger partial charge is 0.370 e. The first-order valence-electron chi connectivity index (χ1n) is 6.81. The van der Waals surface area contributed by atoms with Gasteiger partial charge in [0.05, 0.1) is 0 Å². The van der Waals surface area contributed by atoms with Crippen LogP contribution in [0.25, 0.3) is 0 Å². The maximum Gasteiger partial charge on any atom is 0.223 e. The van der Waals surface area contributed by atoms with Crippen LogP contribution in [0.5, 0.6) is 0 Å². The third kappa shape index (κ3) is 3.75. The predicted octanol–water partition coefficient (Wildman–Crippen LogP) is 2.34. The fraction of sp³-hybridized carbons (Fsp3) is 0.692. The SMILES string of the molecule is CCCNc1cc(NCC(C)C2CC2)nc(N)n1. The summed E-state index contributed by atoms with van der Waals surface area (Å²) in [6, 6.07) is 1.92. The van der Waals surface area contributed by atoms with E-state index in [1.165, 1.54) is 12.8 Å². The summed E-state index contributed by atoms with van der Waals surface area (Å²) < 4.78 is 0. The molecule has 0 spiro atoms. The smallest absolute Gasteiger partial charge is 0.223 e. The van der Waals surface area contributed by atoms with E-state index in [4.69, 9.17) is 5.73 Å². The molecular weight excluding hydrogens is 226 g/mol. The third-order valence-corrected chi connectivity index (χ3v) is 3.33. The zero-order chi connectivity index (χ0) is 13.0. The number of nitrogens with one attached hydrogen (secondary N) is 2. The average molecular weight is 249 g/mol. The van der Waals surface area contributed by atoms with Crippen LogP contribution in [-0.2, 0) is 0 Å². The van der Waals surface area contributed by atoms with Crippen molar-refractivity contribution in [1.82, 2.24) is 9.97 Å². The van der Waals surface area contributed by atoms with Crippen molar-refractivity contribution in [2.45, 2.75) is 33.1 Å². The Morgan fingerprint density at radius 2 is 2.00 bits per heavy atom. The van der Waals surface area contributed by atoms with Gasteiger partial charge in [0.1, 0.15) is 11.6 Å². The summed E-state index contributed by atoms with van der Waals surface area (Å²) in [5.41, 5.74) is 5.71. The number of rotatable bonds is 7. The van der Waals surface area contributed by atoms with Crippen LogP contribution in [0.4, 0.5) is 17.6 Å². The van der Waals surface area contributed by atoms with E-state index in [2.05, 4.69) is 34.4 Å². The molecule has 0 saturated heterocycles. The van der Waals surface area contributed by atoms with Crippen LogP contribution >= 0.6 is 0 Å². The van der Waals surface area contributed by atoms with Crippen molar-refractivity contribution in [1.29, 1.82) is 0 Å². The second-order valence-electron chi connectivity index (χ2n) is 5.12. The molecule has 1 heterocycles. The van der Waals surface area contributed by atoms with Gasteiger partial charge in [0.15, 0.2) is 0 Å². The molecule has 1 unspecified atom stereocenters. The average Bonchev–Trinajstić information content (AvgIpc) is 3.17. The molecule has 0 aliphatic heterocycles. The minimum absolute atomic E-state index is 0.317. The van der Waals surface area contributed by atoms with Crippen molar-refractivity contribution in [3.8, 4) is 0 Å². The molecular formula is C13H23N5. The monoisotopic (exact) mass is 249 g/mol. The highest BCUT2D eigenvalue weighted by molar-refractivity contribution is 5.50. The summed E-state index contributed by atoms with van der Waals surface area (Å²) in [5, 5.41) is 6.58. The first-order chi connectivity index (χ1) is 8.69. The second kappa shape index (κ2) is 5.89. The van der Waals surface area contributed by atoms with Gasteiger partial charge in [0.2, 0.25) is 5.95 Å². The van der Waals surface area contributed by atoms with Gasteiger partial charge < -0.3 is 16.4 Å². The highest BCUT2D eigenvalue weighted by Crippen LogP contribution is 2.36. The van der Waals surface area contributed by atoms with E-state index in [-0.39, 0.29) is 0 Å². The molecule has 5 heteroatoms. The molecule has 0 amide bonds. The molecule has 2 rings (SSSR count). The summed E-state index contributed by atoms with van der Waals surface area (Å²) >= 11 is 0. The van der Waals surface area contributed by atoms with Crippen molar-refractivity contribution >= 4 is 17.6 Å². The van der Waals surface area contributed by atoms with Crippen molar-refractivity contribution in [2.24, 2.45) is 11.8 Å². The van der Waals surface area contributed by atoms with Gasteiger partial charge in [0, 0.05) is 19.2 Å². The molecule has 100 valence electrons. The quantitative estimate of drug-likeness (QED) is 0.691. The van der Waals surface area contributed by atoms with E-state index in [1.807, 2.05) is 6.07 Å². The minimum atomic E-state index is 0.317. The molecule has 1 aromatic rings. The zero-order valence-corrected chi connectivity index (χ0v) is 11.2. The lowest BCUT2D eigenvalue weighted by atomic mass is 10.1. The fourth-order valence-corrected chi connectivity index (χ4v) is 2.00. The van der Waals surface area contributed by atoms with Gasteiger partial charge in [-0.2, -0.15) is 9.97 Å². The minimum Gasteiger partial charge on any atom is -0.370 e. The molecule has 0 radical (unpaired) electrons. The van der Waals surface area contributed by atoms with Crippen molar-refractivity contribution < 1.29 is 0 Å². The molecule has 18 heavy (non-hydrogen) atoms. The van der Waals surface area contributed by atoms with Crippen LogP contribution in [0, 0.1) is 11.8 Å². The van der Waals surface area contributed by atoms with Crippen LogP contribution in [0.15, 0.2) is 6.07 Å². The summed E-state index contributed by atoms with van der Waals surface area (Å²) in [6.07, 6.45) is 3.81. The molecule has 5 nitrogen and oxygen atoms in total. The van der Waals surface area contributed by atoms with Crippen LogP contribution in [0.3, 0.4) is 0 Å². The summed E-state index contributed by atoms with van der Waals surface area (Å²) in [4.78, 5) is 8.37. The second-order valence-corrected chi connectivity index (χ2v) is 5.12. The highest BCUT2D eigenvalue weighted by atomic mass is 15.1. The number of nitrogens with two attached hydrogens (primary N) is 1. The van der Waals surface area contributed by atoms with E-state index in [0.29, 0.717) is 11.9 Å². The van der Waals surface area contributed by atoms with Gasteiger partial charge in [-0.3, -0.25) is 0 Å². The van der Waals surface area contributed by atoms with E-state index >= 15 is 0 Å². The molecule has 1 aliphatic rings. The number of nitrogen functional groups attached to an aromatic ring is 1. The topological polar surface area (TPSA) is 75.9 Å². The van der Waals surface area contributed by atoms with Gasteiger partial charge >= 0.3 is 0 Å². The lowest BCUT2D eigenvalue weighted by Gasteiger charge is -2.13. The van der Waals surface area contributed by atoms with Crippen LogP contribution in [0.2, 0.25) is 0 Å². The van der Waals surface area contributed by atoms with Gasteiger partial charge in [-0.05, 0) is 31.1 Å². The maximum absolute atomic E-state index is 5.71. The third-order valence-electron chi connectivity index (χ3n) is 3.33. The Balaban J connectivity index is 1.91. The highest BCUT2D eigenvalue weighted by Gasteiger charge is 2.27. The van der Waals surface area contributed by atoms with Crippen molar-refractivity contribution in [2.75, 3.05) is 29.5 Å². The van der Waals surface area contributed by atoms with Crippen LogP contribution in [0.1, 0.15) is 33.1 Å². The number of hydrogen-bond donors (Lipinski definition) is 3. The van der Waals surface area contributed by atoms with Crippen molar-refractivity contribution in [3.63, 3.8) is 0 Å². The molecule has 1 fully saturated rings. The molecule has 1 atom stereocenters. The number of hydrogen-bond acceptors (Lipinski definition) is 5. The normalized spacial score (nSPS) is 16.3. The zero-order valence-electron chi connectivity index (χ0n) is 11.2. The molecule has 1 aliphatic carbocycles. The summed E-state index contributed by atoms with van der Waals surface area (Å²) in [5.74, 6) is 3.53. The Morgan fingerprint density at radius 1 is 1.33 bits per heavy atom. The first-order valence-corrected chi connectivity index (χ1v) is 6.81. The lowest BCUT2D eigenvalue weighted by molar-refractivity contribution is 0.536. The maximum atomic E-state index is 5.71. The fourth-order valence-electron chi connectivity index (χ4n) is 2.00. The van der Waals surface area contributed by atoms with Crippen LogP contribution in [-0.4, -0.2) is 23.1 Å². The Labute approximate surface area is 109 Å². The predicted molar refractivity (Wildman–Crippen MR) is 75.6 cm³/mol. The van der Waals surface area contributed by atoms with E-state index in [1.54, 1.807) is 0 Å². The Hall–Kier alpha value is -1.52. The summed E-state index contributed by atoms with van der Waals surface area (Å²) in [6.45, 7) is 6.25. The molecule has 1 saturated carbocycles. The van der Waals surface area contributed by atoms with Gasteiger partial charge in [-0.15, -0.1) is 0 Å². The standard InChI is InChI=1S/C13H23N5/c1-3-6-15-11-7-12(18-13(14)17-11)16-8-9(2)10-4-5-10/h7,9-10H,3-6,8H2,1-2H3,(H4,14,15,16,17,18). The first kappa shape index (κ1) is 12.9. The molecule has 4 N–H and O–H groups in total. The number of nitrogens with zero attached hydrogens (tertiary/aromatic N) is 2. The van der Waals surface area contributed by atoms with Crippen molar-refractivity contribution in [3.05, 3.63) is 6.07 Å². The van der Waals surface area contributed by atoms with Gasteiger partial charge in [-0.25, -0.2) is 0 Å². The Morgan fingerprint density at radius 3 is 2.61 bits per heavy atom. The van der Waals surface area contributed by atoms with E-state index < -0.39 is 0 Å². The van der Waals surface area contributed by atoms with E-state index in [9.17, 15) is 0 Å². The molecule has 0 aromatic carbocycles. The lowest BCUT2D eigenvalue weighted by Crippen LogP contribution is -2.15. The van der Waals surface area contributed by atoms with Crippen LogP contribution < -0.4 is 16.4 Å². The van der Waals surface area contributed by atoms with E-state index in [0.717, 1.165) is 37.1 Å². The Kier molecular flexibility index (Phi) is 4.23. The number of anilines is 3. The molecule has 1 aromatic heterocycles. The number of aromatic nitrogens is 2. The van der Waals surface area contributed by atoms with Gasteiger partial charge in [-0.1, -0.05) is 13.8 Å². The molecule has 0 bridgehead atoms. The Bertz CT molecular complexity index is 389.